The van der Waals surface area contributed by atoms with Crippen LogP contribution in [0.1, 0.15) is 0 Å². The average Bonchev–Trinajstić information content (AvgIpc) is 1.98. The van der Waals surface area contributed by atoms with Crippen LogP contribution in [0.25, 0.3) is 0 Å². The van der Waals surface area contributed by atoms with Gasteiger partial charge in [0, 0.05) is 0 Å². The molecule has 0 radical (unpaired) electrons. The number of nitrogens with zero attached hydrogens (tertiary/aromatic N) is 1. The maximum atomic E-state index is 11.7. The lowest BCUT2D eigenvalue weighted by atomic mass is 11.6. The van der Waals surface area contributed by atoms with Gasteiger partial charge in [0.25, 0.3) is 0 Å². The second-order valence-electron chi connectivity index (χ2n) is 1.55. The van der Waals surface area contributed by atoms with E-state index in [-0.39, 0.29) is 0 Å². The summed E-state index contributed by atoms with van der Waals surface area (Å²) in [5, 5.41) is 0. The van der Waals surface area contributed by atoms with Gasteiger partial charge in [-0.05, 0) is 0 Å². The molecule has 0 aromatic carbocycles. The summed E-state index contributed by atoms with van der Waals surface area (Å²) in [5.74, 6) is 0. The van der Waals surface area contributed by atoms with Gasteiger partial charge < -0.3 is 0 Å². The fourth-order valence-electron chi connectivity index (χ4n) is 0.251. The maximum Gasteiger partial charge on any atom is 0.519 e. The lowest BCUT2D eigenvalue weighted by Gasteiger charge is -2.04. The standard InChI is InChI=1S/C3H6F3NO4S2/c1-10-12(11-2)7-13(8,9)3(4,5)6/h1-2H3. The Bertz CT molecular complexity index is 288. The van der Waals surface area contributed by atoms with Crippen molar-refractivity contribution in [2.45, 2.75) is 5.51 Å². The first-order chi connectivity index (χ1) is 5.74. The van der Waals surface area contributed by atoms with Gasteiger partial charge in [-0.3, -0.25) is 8.37 Å². The third kappa shape index (κ3) is 3.58. The molecule has 0 fully saturated rings. The zero-order chi connectivity index (χ0) is 10.7. The second kappa shape index (κ2) is 4.35. The minimum atomic E-state index is -5.53. The average molecular weight is 241 g/mol. The Morgan fingerprint density at radius 3 is 1.85 bits per heavy atom. The van der Waals surface area contributed by atoms with Crippen LogP contribution in [-0.4, -0.2) is 28.1 Å². The predicted molar refractivity (Wildman–Crippen MR) is 38.8 cm³/mol. The number of alkyl halides is 3. The molecule has 0 aromatic heterocycles. The third-order valence-corrected chi connectivity index (χ3v) is 3.16. The van der Waals surface area contributed by atoms with Crippen LogP contribution < -0.4 is 0 Å². The Hall–Kier alpha value is -0.190. The van der Waals surface area contributed by atoms with Gasteiger partial charge in [0.05, 0.1) is 14.2 Å². The molecule has 0 bridgehead atoms. The molecule has 0 aromatic rings. The van der Waals surface area contributed by atoms with E-state index in [1.807, 2.05) is 0 Å². The second-order valence-corrected chi connectivity index (χ2v) is 4.66. The quantitative estimate of drug-likeness (QED) is 0.731. The molecule has 0 atom stereocenters. The Morgan fingerprint density at radius 2 is 1.62 bits per heavy atom. The van der Waals surface area contributed by atoms with Crippen molar-refractivity contribution in [3.05, 3.63) is 0 Å². The van der Waals surface area contributed by atoms with E-state index in [4.69, 9.17) is 0 Å². The minimum absolute atomic E-state index is 0.974. The van der Waals surface area contributed by atoms with Crippen LogP contribution in [0.4, 0.5) is 13.2 Å². The summed E-state index contributed by atoms with van der Waals surface area (Å²) < 4.78 is 66.4. The molecule has 0 aliphatic carbocycles. The van der Waals surface area contributed by atoms with Gasteiger partial charge >= 0.3 is 15.5 Å². The van der Waals surface area contributed by atoms with E-state index in [1.165, 1.54) is 0 Å². The summed E-state index contributed by atoms with van der Waals surface area (Å²) >= 11 is -2.04. The van der Waals surface area contributed by atoms with Crippen LogP contribution in [0.2, 0.25) is 0 Å². The summed E-state index contributed by atoms with van der Waals surface area (Å²) in [5.41, 5.74) is -5.42. The van der Waals surface area contributed by atoms with Crippen LogP contribution >= 0.6 is 0 Å². The molecule has 0 N–H and O–H groups in total. The molecule has 0 rings (SSSR count). The van der Waals surface area contributed by atoms with Crippen LogP contribution in [-0.2, 0) is 29.6 Å². The van der Waals surface area contributed by atoms with Crippen molar-refractivity contribution in [2.24, 2.45) is 3.77 Å². The van der Waals surface area contributed by atoms with Crippen LogP contribution in [0.15, 0.2) is 3.77 Å². The Balaban J connectivity index is 5.00. The lowest BCUT2D eigenvalue weighted by molar-refractivity contribution is -0.0435. The molecular formula is C3H6F3NO4S2. The summed E-state index contributed by atoms with van der Waals surface area (Å²) in [6.45, 7) is 0. The van der Waals surface area contributed by atoms with Crippen LogP contribution in [0.3, 0.4) is 0 Å². The Kier molecular flexibility index (Phi) is 4.29. The molecule has 80 valence electrons. The van der Waals surface area contributed by atoms with Gasteiger partial charge in [-0.1, -0.05) is 3.77 Å². The van der Waals surface area contributed by atoms with Crippen molar-refractivity contribution in [2.75, 3.05) is 14.2 Å². The minimum Gasteiger partial charge on any atom is -0.287 e. The molecule has 0 unspecified atom stereocenters. The molecule has 0 heterocycles. The van der Waals surface area contributed by atoms with E-state index in [9.17, 15) is 21.6 Å². The highest BCUT2D eigenvalue weighted by atomic mass is 32.3. The van der Waals surface area contributed by atoms with Crippen molar-refractivity contribution < 1.29 is 30.0 Å². The van der Waals surface area contributed by atoms with Crippen molar-refractivity contribution in [3.8, 4) is 0 Å². The fraction of sp³-hybridized carbons (Fsp3) is 1.00. The number of halogens is 3. The highest BCUT2D eigenvalue weighted by Crippen LogP contribution is 2.25. The maximum absolute atomic E-state index is 11.7. The number of rotatable bonds is 3. The van der Waals surface area contributed by atoms with Gasteiger partial charge in [-0.15, -0.1) is 0 Å². The van der Waals surface area contributed by atoms with Crippen LogP contribution in [0, 0.1) is 0 Å². The Morgan fingerprint density at radius 1 is 1.23 bits per heavy atom. The number of hydrogen-bond acceptors (Lipinski definition) is 4. The normalized spacial score (nSPS) is 13.4. The fourth-order valence-corrected chi connectivity index (χ4v) is 1.85. The van der Waals surface area contributed by atoms with E-state index in [0.29, 0.717) is 0 Å². The molecule has 0 aliphatic heterocycles. The van der Waals surface area contributed by atoms with Crippen molar-refractivity contribution >= 4 is 21.3 Å². The molecule has 13 heavy (non-hydrogen) atoms. The van der Waals surface area contributed by atoms with Gasteiger partial charge in [0.15, 0.2) is 11.3 Å². The molecule has 0 aliphatic rings. The first-order valence-electron chi connectivity index (χ1n) is 2.62. The molecule has 5 nitrogen and oxygen atoms in total. The molecule has 0 spiro atoms. The number of sulfonamides is 1. The molecular weight excluding hydrogens is 235 g/mol. The summed E-state index contributed by atoms with van der Waals surface area (Å²) in [6, 6.07) is 0. The molecule has 10 heteroatoms. The van der Waals surface area contributed by atoms with E-state index in [2.05, 4.69) is 12.1 Å². The molecule has 0 amide bonds. The van der Waals surface area contributed by atoms with Crippen LogP contribution in [0.5, 0.6) is 0 Å². The lowest BCUT2D eigenvalue weighted by Crippen LogP contribution is -2.21. The summed E-state index contributed by atoms with van der Waals surface area (Å²) in [4.78, 5) is 0. The molecule has 0 saturated heterocycles. The topological polar surface area (TPSA) is 65.0 Å². The van der Waals surface area contributed by atoms with E-state index < -0.39 is 26.8 Å². The largest absolute Gasteiger partial charge is 0.519 e. The first kappa shape index (κ1) is 12.8. The van der Waals surface area contributed by atoms with Crippen molar-refractivity contribution in [1.82, 2.24) is 0 Å². The summed E-state index contributed by atoms with van der Waals surface area (Å²) in [6.07, 6.45) is 0. The highest BCUT2D eigenvalue weighted by Gasteiger charge is 2.46. The Labute approximate surface area is 75.4 Å². The first-order valence-corrected chi connectivity index (χ1v) is 5.09. The molecule has 0 saturated carbocycles. The zero-order valence-electron chi connectivity index (χ0n) is 6.53. The highest BCUT2D eigenvalue weighted by molar-refractivity contribution is 7.97. The van der Waals surface area contributed by atoms with E-state index in [0.717, 1.165) is 14.2 Å². The van der Waals surface area contributed by atoms with Crippen molar-refractivity contribution in [3.63, 3.8) is 0 Å². The van der Waals surface area contributed by atoms with Gasteiger partial charge in [-0.2, -0.15) is 21.6 Å². The van der Waals surface area contributed by atoms with Gasteiger partial charge in [-0.25, -0.2) is 0 Å². The number of hydrogen-bond donors (Lipinski definition) is 0. The smallest absolute Gasteiger partial charge is 0.287 e. The summed E-state index contributed by atoms with van der Waals surface area (Å²) in [7, 11) is -3.59. The van der Waals surface area contributed by atoms with Crippen molar-refractivity contribution in [1.29, 1.82) is 0 Å². The third-order valence-electron chi connectivity index (χ3n) is 0.737. The van der Waals surface area contributed by atoms with Gasteiger partial charge in [0.2, 0.25) is 0 Å². The zero-order valence-corrected chi connectivity index (χ0v) is 8.16. The van der Waals surface area contributed by atoms with E-state index in [1.54, 1.807) is 0 Å². The predicted octanol–water partition coefficient (Wildman–Crippen LogP) is 0.761. The monoisotopic (exact) mass is 241 g/mol. The van der Waals surface area contributed by atoms with E-state index >= 15 is 0 Å². The SMILES string of the molecule is COS(=NS(=O)(=O)C(F)(F)F)OC. The van der Waals surface area contributed by atoms with Gasteiger partial charge in [0.1, 0.15) is 0 Å².